The van der Waals surface area contributed by atoms with Crippen molar-refractivity contribution in [1.29, 1.82) is 0 Å². The van der Waals surface area contributed by atoms with Crippen molar-refractivity contribution < 1.29 is 19.1 Å². The number of ether oxygens (including phenoxy) is 2. The molecule has 0 spiro atoms. The zero-order valence-corrected chi connectivity index (χ0v) is 15.1. The first kappa shape index (κ1) is 17.0. The molecule has 2 aliphatic heterocycles. The van der Waals surface area contributed by atoms with Crippen molar-refractivity contribution in [3.63, 3.8) is 0 Å². The maximum absolute atomic E-state index is 13.1. The molecule has 0 saturated carbocycles. The molecule has 2 aromatic rings. The van der Waals surface area contributed by atoms with Crippen LogP contribution in [-0.4, -0.2) is 38.1 Å². The molecule has 0 bridgehead atoms. The Morgan fingerprint density at radius 2 is 1.56 bits per heavy atom. The van der Waals surface area contributed by atoms with E-state index in [4.69, 9.17) is 9.47 Å². The highest BCUT2D eigenvalue weighted by molar-refractivity contribution is 6.26. The van der Waals surface area contributed by atoms with Gasteiger partial charge in [-0.2, -0.15) is 5.11 Å². The van der Waals surface area contributed by atoms with Crippen LogP contribution in [0.2, 0.25) is 0 Å². The molecule has 8 heteroatoms. The number of benzene rings is 2. The molecule has 0 N–H and O–H groups in total. The first-order valence-electron chi connectivity index (χ1n) is 8.41. The largest absolute Gasteiger partial charge is 0.493 e. The van der Waals surface area contributed by atoms with Crippen LogP contribution in [0.3, 0.4) is 0 Å². The molecular weight excluding hydrogens is 348 g/mol. The van der Waals surface area contributed by atoms with E-state index in [1.165, 1.54) is 19.2 Å². The van der Waals surface area contributed by atoms with Gasteiger partial charge in [0.2, 0.25) is 0 Å². The summed E-state index contributed by atoms with van der Waals surface area (Å²) in [6, 6.07) is 10.8. The van der Waals surface area contributed by atoms with Crippen molar-refractivity contribution in [2.75, 3.05) is 24.1 Å². The second-order valence-electron chi connectivity index (χ2n) is 6.33. The minimum Gasteiger partial charge on any atom is -0.493 e. The van der Waals surface area contributed by atoms with Gasteiger partial charge in [0.1, 0.15) is 0 Å². The summed E-state index contributed by atoms with van der Waals surface area (Å²) >= 11 is 0. The molecule has 8 nitrogen and oxygen atoms in total. The maximum atomic E-state index is 13.1. The highest BCUT2D eigenvalue weighted by Crippen LogP contribution is 2.38. The second kappa shape index (κ2) is 6.39. The highest BCUT2D eigenvalue weighted by Gasteiger charge is 2.55. The molecule has 2 heterocycles. The van der Waals surface area contributed by atoms with Crippen molar-refractivity contribution in [1.82, 2.24) is 0 Å². The van der Waals surface area contributed by atoms with E-state index in [2.05, 4.69) is 10.3 Å². The van der Waals surface area contributed by atoms with Crippen LogP contribution in [0.25, 0.3) is 0 Å². The zero-order valence-electron chi connectivity index (χ0n) is 15.1. The van der Waals surface area contributed by atoms with Gasteiger partial charge >= 0.3 is 0 Å². The first-order valence-corrected chi connectivity index (χ1v) is 8.41. The van der Waals surface area contributed by atoms with E-state index in [0.717, 1.165) is 10.5 Å². The Balaban J connectivity index is 1.68. The molecule has 0 aromatic heterocycles. The summed E-state index contributed by atoms with van der Waals surface area (Å²) in [5, 5.41) is 9.60. The molecular formula is C19H18N4O4. The summed E-state index contributed by atoms with van der Waals surface area (Å²) in [7, 11) is 3.02. The van der Waals surface area contributed by atoms with Gasteiger partial charge in [-0.3, -0.25) is 9.59 Å². The smallest absolute Gasteiger partial charge is 0.263 e. The summed E-state index contributed by atoms with van der Waals surface area (Å²) in [5.41, 5.74) is 2.22. The number of anilines is 2. The summed E-state index contributed by atoms with van der Waals surface area (Å²) in [6.45, 7) is 1.97. The molecule has 2 atom stereocenters. The number of fused-ring (bicyclic) bond motifs is 1. The topological polar surface area (TPSA) is 83.8 Å². The lowest BCUT2D eigenvalue weighted by molar-refractivity contribution is -0.121. The third-order valence-electron chi connectivity index (χ3n) is 4.71. The van der Waals surface area contributed by atoms with Crippen LogP contribution >= 0.6 is 0 Å². The number of methoxy groups -OCH3 is 2. The molecule has 2 aromatic carbocycles. The number of amides is 2. The van der Waals surface area contributed by atoms with Crippen LogP contribution in [0.5, 0.6) is 11.5 Å². The minimum absolute atomic E-state index is 0.372. The molecule has 2 aliphatic rings. The van der Waals surface area contributed by atoms with E-state index in [1.807, 2.05) is 31.2 Å². The average molecular weight is 366 g/mol. The van der Waals surface area contributed by atoms with Crippen LogP contribution in [-0.2, 0) is 9.59 Å². The van der Waals surface area contributed by atoms with Crippen LogP contribution in [0.15, 0.2) is 52.8 Å². The number of carbonyl (C=O) groups is 2. The number of nitrogens with zero attached hydrogens (tertiary/aromatic N) is 4. The van der Waals surface area contributed by atoms with E-state index in [-0.39, 0.29) is 5.91 Å². The van der Waals surface area contributed by atoms with Crippen molar-refractivity contribution in [3.05, 3.63) is 48.0 Å². The standard InChI is InChI=1S/C19H18N4O4/c1-11-4-6-12(7-5-11)23-17-16(20-21-23)18(24)22(19(17)25)13-8-9-14(26-2)15(10-13)27-3/h4-10,16-17H,1-3H3. The number of hydrogen-bond acceptors (Lipinski definition) is 7. The molecule has 4 rings (SSSR count). The van der Waals surface area contributed by atoms with Gasteiger partial charge in [0, 0.05) is 6.07 Å². The van der Waals surface area contributed by atoms with E-state index >= 15 is 0 Å². The number of carbonyl (C=O) groups excluding carboxylic acids is 2. The quantitative estimate of drug-likeness (QED) is 0.777. The Morgan fingerprint density at radius 1 is 0.889 bits per heavy atom. The summed E-state index contributed by atoms with van der Waals surface area (Å²) in [6.07, 6.45) is 0. The molecule has 2 amide bonds. The molecule has 1 fully saturated rings. The fraction of sp³-hybridized carbons (Fsp3) is 0.263. The number of imide groups is 1. The fourth-order valence-corrected chi connectivity index (χ4v) is 3.29. The van der Waals surface area contributed by atoms with Gasteiger partial charge in [-0.25, -0.2) is 9.91 Å². The van der Waals surface area contributed by atoms with Crippen LogP contribution in [0, 0.1) is 6.92 Å². The second-order valence-corrected chi connectivity index (χ2v) is 6.33. The molecule has 2 unspecified atom stereocenters. The first-order chi connectivity index (χ1) is 13.0. The highest BCUT2D eigenvalue weighted by atomic mass is 16.5. The lowest BCUT2D eigenvalue weighted by Crippen LogP contribution is -2.39. The van der Waals surface area contributed by atoms with Crippen molar-refractivity contribution in [3.8, 4) is 11.5 Å². The van der Waals surface area contributed by atoms with E-state index in [0.29, 0.717) is 22.9 Å². The van der Waals surface area contributed by atoms with Crippen molar-refractivity contribution in [2.45, 2.75) is 19.0 Å². The van der Waals surface area contributed by atoms with Crippen LogP contribution in [0.1, 0.15) is 5.56 Å². The van der Waals surface area contributed by atoms with Crippen molar-refractivity contribution in [2.24, 2.45) is 10.3 Å². The SMILES string of the molecule is COc1ccc(N2C(=O)C3N=NN(c4ccc(C)cc4)C3C2=O)cc1OC. The zero-order chi connectivity index (χ0) is 19.1. The van der Waals surface area contributed by atoms with Gasteiger partial charge in [0.15, 0.2) is 23.6 Å². The normalized spacial score (nSPS) is 21.0. The van der Waals surface area contributed by atoms with Gasteiger partial charge in [0.25, 0.3) is 11.8 Å². The predicted molar refractivity (Wildman–Crippen MR) is 98.1 cm³/mol. The Labute approximate surface area is 156 Å². The van der Waals surface area contributed by atoms with E-state index in [1.54, 1.807) is 18.2 Å². The fourth-order valence-electron chi connectivity index (χ4n) is 3.29. The van der Waals surface area contributed by atoms with Crippen molar-refractivity contribution >= 4 is 23.2 Å². The number of rotatable bonds is 4. The van der Waals surface area contributed by atoms with Gasteiger partial charge in [0.05, 0.1) is 25.6 Å². The third kappa shape index (κ3) is 2.61. The molecule has 1 saturated heterocycles. The van der Waals surface area contributed by atoms with E-state index in [9.17, 15) is 9.59 Å². The van der Waals surface area contributed by atoms with Crippen LogP contribution in [0.4, 0.5) is 11.4 Å². The Kier molecular flexibility index (Phi) is 4.02. The van der Waals surface area contributed by atoms with Gasteiger partial charge in [-0.15, -0.1) is 0 Å². The number of hydrogen-bond donors (Lipinski definition) is 0. The average Bonchev–Trinajstić information content (AvgIpc) is 3.22. The maximum Gasteiger partial charge on any atom is 0.263 e. The van der Waals surface area contributed by atoms with E-state index < -0.39 is 18.0 Å². The lowest BCUT2D eigenvalue weighted by Gasteiger charge is -2.21. The number of aryl methyl sites for hydroxylation is 1. The summed E-state index contributed by atoms with van der Waals surface area (Å²) in [5.74, 6) is 0.171. The minimum atomic E-state index is -0.855. The molecule has 0 aliphatic carbocycles. The molecule has 27 heavy (non-hydrogen) atoms. The molecule has 0 radical (unpaired) electrons. The monoisotopic (exact) mass is 366 g/mol. The summed E-state index contributed by atoms with van der Waals surface area (Å²) < 4.78 is 10.5. The Morgan fingerprint density at radius 3 is 2.22 bits per heavy atom. The van der Waals surface area contributed by atoms with Gasteiger partial charge in [-0.1, -0.05) is 22.9 Å². The van der Waals surface area contributed by atoms with Crippen LogP contribution < -0.4 is 19.4 Å². The molecule has 138 valence electrons. The predicted octanol–water partition coefficient (Wildman–Crippen LogP) is 2.51. The summed E-state index contributed by atoms with van der Waals surface area (Å²) in [4.78, 5) is 27.0. The Hall–Kier alpha value is -3.42. The van der Waals surface area contributed by atoms with Gasteiger partial charge < -0.3 is 9.47 Å². The Bertz CT molecular complexity index is 941. The third-order valence-corrected chi connectivity index (χ3v) is 4.71. The lowest BCUT2D eigenvalue weighted by atomic mass is 10.1. The van der Waals surface area contributed by atoms with Gasteiger partial charge in [-0.05, 0) is 31.2 Å².